The van der Waals surface area contributed by atoms with Crippen molar-refractivity contribution >= 4 is 11.5 Å². The van der Waals surface area contributed by atoms with Crippen molar-refractivity contribution in [3.8, 4) is 5.75 Å². The number of carbonyl (C=O) groups is 1. The van der Waals surface area contributed by atoms with Crippen molar-refractivity contribution in [1.82, 2.24) is 0 Å². The van der Waals surface area contributed by atoms with E-state index in [0.29, 0.717) is 0 Å². The van der Waals surface area contributed by atoms with Crippen LogP contribution >= 0.6 is 0 Å². The third kappa shape index (κ3) is 1.56. The van der Waals surface area contributed by atoms with Gasteiger partial charge in [-0.2, -0.15) is 0 Å². The normalized spacial score (nSPS) is 9.86. The fraction of sp³-hybridized carbons (Fsp3) is 0.222. The van der Waals surface area contributed by atoms with E-state index in [4.69, 9.17) is 0 Å². The zero-order valence-corrected chi connectivity index (χ0v) is 7.77. The van der Waals surface area contributed by atoms with E-state index in [1.165, 1.54) is 19.9 Å². The molecule has 0 bridgehead atoms. The van der Waals surface area contributed by atoms with Gasteiger partial charge in [0.15, 0.2) is 5.78 Å². The molecule has 0 aromatic heterocycles. The molecule has 0 amide bonds. The van der Waals surface area contributed by atoms with Crippen LogP contribution < -0.4 is 0 Å². The third-order valence-electron chi connectivity index (χ3n) is 1.96. The number of Topliss-reactive ketones (excluding diaryl/α,β-unsaturated/α-hetero) is 1. The van der Waals surface area contributed by atoms with Gasteiger partial charge in [-0.3, -0.25) is 14.9 Å². The van der Waals surface area contributed by atoms with E-state index in [2.05, 4.69) is 0 Å². The van der Waals surface area contributed by atoms with Crippen molar-refractivity contribution in [1.29, 1.82) is 0 Å². The number of hydrogen-bond donors (Lipinski definition) is 1. The molecule has 1 rings (SSSR count). The summed E-state index contributed by atoms with van der Waals surface area (Å²) in [7, 11) is 0. The van der Waals surface area contributed by atoms with Gasteiger partial charge in [-0.1, -0.05) is 0 Å². The molecule has 0 heterocycles. The van der Waals surface area contributed by atoms with Crippen molar-refractivity contribution in [2.45, 2.75) is 13.8 Å². The minimum Gasteiger partial charge on any atom is -0.508 e. The van der Waals surface area contributed by atoms with Gasteiger partial charge >= 0.3 is 0 Å². The standard InChI is InChI=1S/C9H9NO4/c1-5-8(12)4-3-7(10(13)14)9(5)6(2)11/h3-4,12H,1-2H3. The van der Waals surface area contributed by atoms with Gasteiger partial charge in [-0.25, -0.2) is 0 Å². The summed E-state index contributed by atoms with van der Waals surface area (Å²) in [5, 5.41) is 19.8. The highest BCUT2D eigenvalue weighted by atomic mass is 16.6. The van der Waals surface area contributed by atoms with Gasteiger partial charge in [-0.15, -0.1) is 0 Å². The molecule has 0 unspecified atom stereocenters. The number of carbonyl (C=O) groups excluding carboxylic acids is 1. The van der Waals surface area contributed by atoms with Crippen LogP contribution in [0.1, 0.15) is 22.8 Å². The number of phenolic OH excluding ortho intramolecular Hbond substituents is 1. The third-order valence-corrected chi connectivity index (χ3v) is 1.96. The van der Waals surface area contributed by atoms with E-state index in [9.17, 15) is 20.0 Å². The molecule has 0 fully saturated rings. The average molecular weight is 195 g/mol. The molecular formula is C9H9NO4. The fourth-order valence-corrected chi connectivity index (χ4v) is 1.28. The molecule has 1 aromatic carbocycles. The van der Waals surface area contributed by atoms with Crippen molar-refractivity contribution in [2.75, 3.05) is 0 Å². The molecule has 1 aromatic rings. The molecule has 5 heteroatoms. The number of benzene rings is 1. The number of aromatic hydroxyl groups is 1. The molecule has 0 saturated carbocycles. The molecule has 74 valence electrons. The first-order chi connectivity index (χ1) is 6.45. The SMILES string of the molecule is CC(=O)c1c([N+](=O)[O-])ccc(O)c1C. The lowest BCUT2D eigenvalue weighted by Crippen LogP contribution is -2.02. The van der Waals surface area contributed by atoms with Gasteiger partial charge in [0.25, 0.3) is 5.69 Å². The Kier molecular flexibility index (Phi) is 2.51. The molecule has 0 spiro atoms. The predicted molar refractivity (Wildman–Crippen MR) is 49.5 cm³/mol. The van der Waals surface area contributed by atoms with Crippen LogP contribution in [0.15, 0.2) is 12.1 Å². The molecule has 0 radical (unpaired) electrons. The Labute approximate surface area is 80.1 Å². The van der Waals surface area contributed by atoms with Gasteiger partial charge in [0.1, 0.15) is 11.3 Å². The lowest BCUT2D eigenvalue weighted by atomic mass is 10.0. The molecule has 0 atom stereocenters. The predicted octanol–water partition coefficient (Wildman–Crippen LogP) is 1.81. The molecule has 0 saturated heterocycles. The van der Waals surface area contributed by atoms with E-state index in [1.54, 1.807) is 0 Å². The van der Waals surface area contributed by atoms with Crippen molar-refractivity contribution in [2.24, 2.45) is 0 Å². The minimum absolute atomic E-state index is 0.0324. The van der Waals surface area contributed by atoms with E-state index in [0.717, 1.165) is 6.07 Å². The zero-order valence-electron chi connectivity index (χ0n) is 7.77. The van der Waals surface area contributed by atoms with Crippen molar-refractivity contribution in [3.05, 3.63) is 33.4 Å². The summed E-state index contributed by atoms with van der Waals surface area (Å²) in [5.74, 6) is -0.536. The number of hydrogen-bond acceptors (Lipinski definition) is 4. The molecule has 0 aliphatic heterocycles. The molecule has 0 aliphatic carbocycles. The first-order valence-electron chi connectivity index (χ1n) is 3.93. The Bertz CT molecular complexity index is 412. The van der Waals surface area contributed by atoms with E-state index in [-0.39, 0.29) is 22.6 Å². The Hall–Kier alpha value is -1.91. The largest absolute Gasteiger partial charge is 0.508 e. The number of rotatable bonds is 2. The van der Waals surface area contributed by atoms with Crippen LogP contribution in [-0.2, 0) is 0 Å². The van der Waals surface area contributed by atoms with Gasteiger partial charge < -0.3 is 5.11 Å². The van der Waals surface area contributed by atoms with Gasteiger partial charge in [0, 0.05) is 11.6 Å². The molecule has 1 N–H and O–H groups in total. The first kappa shape index (κ1) is 10.2. The lowest BCUT2D eigenvalue weighted by molar-refractivity contribution is -0.385. The summed E-state index contributed by atoms with van der Waals surface area (Å²) in [6.45, 7) is 2.70. The number of nitrogens with zero attached hydrogens (tertiary/aromatic N) is 1. The number of nitro groups is 1. The summed E-state index contributed by atoms with van der Waals surface area (Å²) in [6.07, 6.45) is 0. The average Bonchev–Trinajstić information content (AvgIpc) is 2.08. The summed E-state index contributed by atoms with van der Waals surface area (Å²) in [5.41, 5.74) is -0.0606. The lowest BCUT2D eigenvalue weighted by Gasteiger charge is -2.04. The molecule has 14 heavy (non-hydrogen) atoms. The highest BCUT2D eigenvalue weighted by molar-refractivity contribution is 6.00. The van der Waals surface area contributed by atoms with Crippen LogP contribution in [0.4, 0.5) is 5.69 Å². The van der Waals surface area contributed by atoms with Crippen LogP contribution in [-0.4, -0.2) is 15.8 Å². The van der Waals surface area contributed by atoms with Crippen LogP contribution in [0, 0.1) is 17.0 Å². The Balaban J connectivity index is 3.53. The number of ketones is 1. The van der Waals surface area contributed by atoms with Crippen molar-refractivity contribution < 1.29 is 14.8 Å². The Morgan fingerprint density at radius 1 is 1.50 bits per heavy atom. The van der Waals surface area contributed by atoms with Gasteiger partial charge in [0.05, 0.1) is 4.92 Å². The van der Waals surface area contributed by atoms with Gasteiger partial charge in [0.2, 0.25) is 0 Å². The highest BCUT2D eigenvalue weighted by Gasteiger charge is 2.21. The molecule has 0 aliphatic rings. The second-order valence-corrected chi connectivity index (χ2v) is 2.92. The molecule has 5 nitrogen and oxygen atoms in total. The number of nitro benzene ring substituents is 1. The second kappa shape index (κ2) is 3.45. The van der Waals surface area contributed by atoms with E-state index >= 15 is 0 Å². The first-order valence-corrected chi connectivity index (χ1v) is 3.93. The summed E-state index contributed by atoms with van der Waals surface area (Å²) < 4.78 is 0. The highest BCUT2D eigenvalue weighted by Crippen LogP contribution is 2.28. The number of phenols is 1. The van der Waals surface area contributed by atoms with Crippen LogP contribution in [0.3, 0.4) is 0 Å². The molecular weight excluding hydrogens is 186 g/mol. The van der Waals surface area contributed by atoms with Crippen LogP contribution in [0.25, 0.3) is 0 Å². The second-order valence-electron chi connectivity index (χ2n) is 2.92. The quantitative estimate of drug-likeness (QED) is 0.443. The van der Waals surface area contributed by atoms with E-state index < -0.39 is 10.7 Å². The maximum absolute atomic E-state index is 11.1. The maximum Gasteiger partial charge on any atom is 0.280 e. The monoisotopic (exact) mass is 195 g/mol. The van der Waals surface area contributed by atoms with Gasteiger partial charge in [-0.05, 0) is 19.9 Å². The Morgan fingerprint density at radius 3 is 2.50 bits per heavy atom. The fourth-order valence-electron chi connectivity index (χ4n) is 1.28. The van der Waals surface area contributed by atoms with Crippen molar-refractivity contribution in [3.63, 3.8) is 0 Å². The summed E-state index contributed by atoms with van der Waals surface area (Å²) in [4.78, 5) is 21.1. The Morgan fingerprint density at radius 2 is 2.07 bits per heavy atom. The summed E-state index contributed by atoms with van der Waals surface area (Å²) in [6, 6.07) is 2.33. The minimum atomic E-state index is -0.636. The summed E-state index contributed by atoms with van der Waals surface area (Å²) >= 11 is 0. The van der Waals surface area contributed by atoms with Crippen LogP contribution in [0.2, 0.25) is 0 Å². The zero-order chi connectivity index (χ0) is 10.9. The smallest absolute Gasteiger partial charge is 0.280 e. The maximum atomic E-state index is 11.1. The van der Waals surface area contributed by atoms with E-state index in [1.807, 2.05) is 0 Å². The topological polar surface area (TPSA) is 80.4 Å². The van der Waals surface area contributed by atoms with Crippen LogP contribution in [0.5, 0.6) is 5.75 Å².